The number of fused-ring (bicyclic) bond motifs is 1. The van der Waals surface area contributed by atoms with E-state index in [1.54, 1.807) is 12.1 Å². The summed E-state index contributed by atoms with van der Waals surface area (Å²) in [6.07, 6.45) is 0. The SMILES string of the molecule is COC(=O)[C@@H](C)CS(=O)(=O)c1nc2ccccc2s1. The van der Waals surface area contributed by atoms with Crippen molar-refractivity contribution in [2.45, 2.75) is 11.3 Å². The fraction of sp³-hybridized carbons (Fsp3) is 0.333. The molecule has 0 N–H and O–H groups in total. The summed E-state index contributed by atoms with van der Waals surface area (Å²) in [7, 11) is -2.33. The van der Waals surface area contributed by atoms with E-state index in [9.17, 15) is 13.2 Å². The van der Waals surface area contributed by atoms with Gasteiger partial charge in [-0.3, -0.25) is 4.79 Å². The number of carbonyl (C=O) groups is 1. The number of sulfone groups is 1. The van der Waals surface area contributed by atoms with Gasteiger partial charge in [-0.1, -0.05) is 19.1 Å². The van der Waals surface area contributed by atoms with Crippen LogP contribution >= 0.6 is 11.3 Å². The monoisotopic (exact) mass is 299 g/mol. The summed E-state index contributed by atoms with van der Waals surface area (Å²) >= 11 is 1.11. The molecule has 0 amide bonds. The summed E-state index contributed by atoms with van der Waals surface area (Å²) < 4.78 is 29.7. The molecule has 0 unspecified atom stereocenters. The Morgan fingerprint density at radius 3 is 2.74 bits per heavy atom. The number of hydrogen-bond donors (Lipinski definition) is 0. The minimum Gasteiger partial charge on any atom is -0.469 e. The van der Waals surface area contributed by atoms with Crippen molar-refractivity contribution in [1.82, 2.24) is 4.98 Å². The van der Waals surface area contributed by atoms with Crippen LogP contribution in [-0.4, -0.2) is 32.2 Å². The molecular weight excluding hydrogens is 286 g/mol. The lowest BCUT2D eigenvalue weighted by molar-refractivity contribution is -0.144. The molecule has 1 heterocycles. The highest BCUT2D eigenvalue weighted by Crippen LogP contribution is 2.26. The van der Waals surface area contributed by atoms with Gasteiger partial charge in [-0.05, 0) is 12.1 Å². The highest BCUT2D eigenvalue weighted by atomic mass is 32.2. The number of carbonyl (C=O) groups excluding carboxylic acids is 1. The summed E-state index contributed by atoms with van der Waals surface area (Å²) in [5, 5.41) is 0. The molecule has 1 aromatic carbocycles. The lowest BCUT2D eigenvalue weighted by Gasteiger charge is -2.07. The fourth-order valence-corrected chi connectivity index (χ4v) is 4.51. The third-order valence-electron chi connectivity index (χ3n) is 2.61. The highest BCUT2D eigenvalue weighted by Gasteiger charge is 2.26. The van der Waals surface area contributed by atoms with Crippen molar-refractivity contribution < 1.29 is 17.9 Å². The smallest absolute Gasteiger partial charge is 0.309 e. The first-order valence-corrected chi connectivity index (χ1v) is 8.07. The molecular formula is C12H13NO4S2. The Morgan fingerprint density at radius 2 is 2.11 bits per heavy atom. The zero-order valence-electron chi connectivity index (χ0n) is 10.5. The highest BCUT2D eigenvalue weighted by molar-refractivity contribution is 7.93. The lowest BCUT2D eigenvalue weighted by atomic mass is 10.2. The van der Waals surface area contributed by atoms with Gasteiger partial charge in [0, 0.05) is 0 Å². The van der Waals surface area contributed by atoms with Crippen LogP contribution < -0.4 is 0 Å². The molecule has 5 nitrogen and oxygen atoms in total. The van der Waals surface area contributed by atoms with E-state index in [1.165, 1.54) is 14.0 Å². The molecule has 19 heavy (non-hydrogen) atoms. The third kappa shape index (κ3) is 2.93. The maximum Gasteiger partial charge on any atom is 0.309 e. The van der Waals surface area contributed by atoms with Crippen LogP contribution in [-0.2, 0) is 19.4 Å². The number of nitrogens with zero attached hydrogens (tertiary/aromatic N) is 1. The van der Waals surface area contributed by atoms with Crippen molar-refractivity contribution >= 4 is 37.4 Å². The number of thiazole rings is 1. The van der Waals surface area contributed by atoms with Gasteiger partial charge in [0.1, 0.15) is 0 Å². The van der Waals surface area contributed by atoms with Gasteiger partial charge in [-0.25, -0.2) is 13.4 Å². The van der Waals surface area contributed by atoms with Crippen LogP contribution in [0.2, 0.25) is 0 Å². The molecule has 2 rings (SSSR count). The molecule has 102 valence electrons. The molecule has 7 heteroatoms. The Kier molecular flexibility index (Phi) is 3.86. The molecule has 0 saturated carbocycles. The zero-order chi connectivity index (χ0) is 14.0. The van der Waals surface area contributed by atoms with Crippen molar-refractivity contribution in [3.63, 3.8) is 0 Å². The Balaban J connectivity index is 2.31. The second-order valence-corrected chi connectivity index (χ2v) is 7.39. The van der Waals surface area contributed by atoms with Crippen molar-refractivity contribution in [2.24, 2.45) is 5.92 Å². The largest absolute Gasteiger partial charge is 0.469 e. The maximum atomic E-state index is 12.2. The Hall–Kier alpha value is -1.47. The van der Waals surface area contributed by atoms with E-state index in [2.05, 4.69) is 9.72 Å². The standard InChI is InChI=1S/C12H13NO4S2/c1-8(11(14)17-2)7-19(15,16)12-13-9-5-3-4-6-10(9)18-12/h3-6,8H,7H2,1-2H3/t8-/m0/s1. The first kappa shape index (κ1) is 14.0. The molecule has 1 aromatic heterocycles. The van der Waals surface area contributed by atoms with E-state index in [4.69, 9.17) is 0 Å². The number of esters is 1. The van der Waals surface area contributed by atoms with Gasteiger partial charge in [0.2, 0.25) is 14.2 Å². The van der Waals surface area contributed by atoms with E-state index in [0.717, 1.165) is 16.0 Å². The van der Waals surface area contributed by atoms with Gasteiger partial charge in [0.15, 0.2) is 0 Å². The molecule has 0 fully saturated rings. The summed E-state index contributed by atoms with van der Waals surface area (Å²) in [4.78, 5) is 15.4. The van der Waals surface area contributed by atoms with Crippen molar-refractivity contribution in [2.75, 3.05) is 12.9 Å². The Morgan fingerprint density at radius 1 is 1.42 bits per heavy atom. The summed E-state index contributed by atoms with van der Waals surface area (Å²) in [5.41, 5.74) is 0.650. The van der Waals surface area contributed by atoms with Gasteiger partial charge in [0.25, 0.3) is 0 Å². The lowest BCUT2D eigenvalue weighted by Crippen LogP contribution is -2.22. The quantitative estimate of drug-likeness (QED) is 0.806. The molecule has 0 saturated heterocycles. The van der Waals surface area contributed by atoms with Gasteiger partial charge in [-0.15, -0.1) is 11.3 Å². The van der Waals surface area contributed by atoms with Crippen LogP contribution in [0.3, 0.4) is 0 Å². The zero-order valence-corrected chi connectivity index (χ0v) is 12.1. The second kappa shape index (κ2) is 5.26. The van der Waals surface area contributed by atoms with Crippen LogP contribution in [0.4, 0.5) is 0 Å². The molecule has 0 spiro atoms. The Bertz CT molecular complexity index is 672. The molecule has 0 aliphatic carbocycles. The molecule has 1 atom stereocenters. The van der Waals surface area contributed by atoms with Crippen molar-refractivity contribution in [3.05, 3.63) is 24.3 Å². The van der Waals surface area contributed by atoms with Gasteiger partial charge < -0.3 is 4.74 Å². The molecule has 0 aliphatic heterocycles. The number of aromatic nitrogens is 1. The van der Waals surface area contributed by atoms with E-state index >= 15 is 0 Å². The normalized spacial score (nSPS) is 13.4. The Labute approximate surface area is 115 Å². The molecule has 2 aromatic rings. The van der Waals surface area contributed by atoms with E-state index in [0.29, 0.717) is 5.52 Å². The average molecular weight is 299 g/mol. The molecule has 0 bridgehead atoms. The maximum absolute atomic E-state index is 12.2. The average Bonchev–Trinajstić information content (AvgIpc) is 2.81. The number of methoxy groups -OCH3 is 1. The summed E-state index contributed by atoms with van der Waals surface area (Å²) in [6.45, 7) is 1.52. The minimum absolute atomic E-state index is 0.0458. The number of ether oxygens (including phenoxy) is 1. The number of rotatable bonds is 4. The van der Waals surface area contributed by atoms with Crippen molar-refractivity contribution in [3.8, 4) is 0 Å². The molecule has 0 aliphatic rings. The van der Waals surface area contributed by atoms with E-state index in [1.807, 2.05) is 12.1 Å². The van der Waals surface area contributed by atoms with Gasteiger partial charge in [-0.2, -0.15) is 0 Å². The molecule has 0 radical (unpaired) electrons. The number of benzene rings is 1. The van der Waals surface area contributed by atoms with E-state index in [-0.39, 0.29) is 10.1 Å². The number of hydrogen-bond acceptors (Lipinski definition) is 6. The topological polar surface area (TPSA) is 73.3 Å². The van der Waals surface area contributed by atoms with Crippen molar-refractivity contribution in [1.29, 1.82) is 0 Å². The predicted molar refractivity (Wildman–Crippen MR) is 72.9 cm³/mol. The second-order valence-electron chi connectivity index (χ2n) is 4.15. The minimum atomic E-state index is -3.57. The van der Waals surface area contributed by atoms with Gasteiger partial charge >= 0.3 is 5.97 Å². The van der Waals surface area contributed by atoms with E-state index < -0.39 is 21.7 Å². The van der Waals surface area contributed by atoms with Gasteiger partial charge in [0.05, 0.1) is 29.0 Å². The number of para-hydroxylation sites is 1. The third-order valence-corrected chi connectivity index (χ3v) is 6.02. The van der Waals surface area contributed by atoms with Crippen LogP contribution in [0.5, 0.6) is 0 Å². The first-order valence-electron chi connectivity index (χ1n) is 5.60. The summed E-state index contributed by atoms with van der Waals surface area (Å²) in [6, 6.07) is 7.20. The fourth-order valence-electron chi connectivity index (χ4n) is 1.65. The predicted octanol–water partition coefficient (Wildman–Crippen LogP) is 1.88. The van der Waals surface area contributed by atoms with Crippen LogP contribution in [0, 0.1) is 5.92 Å². The van der Waals surface area contributed by atoms with Crippen LogP contribution in [0.25, 0.3) is 10.2 Å². The van der Waals surface area contributed by atoms with Crippen LogP contribution in [0.1, 0.15) is 6.92 Å². The van der Waals surface area contributed by atoms with Crippen LogP contribution in [0.15, 0.2) is 28.6 Å². The first-order chi connectivity index (χ1) is 8.94. The summed E-state index contributed by atoms with van der Waals surface area (Å²) in [5.74, 6) is -1.54.